The number of carboxylic acids is 1. The highest BCUT2D eigenvalue weighted by atomic mass is 19.4. The van der Waals surface area contributed by atoms with E-state index < -0.39 is 30.8 Å². The number of piperidine rings is 1. The van der Waals surface area contributed by atoms with Crippen molar-refractivity contribution in [1.29, 1.82) is 0 Å². The molecule has 2 aromatic rings. The first-order chi connectivity index (χ1) is 15.5. The van der Waals surface area contributed by atoms with Crippen LogP contribution in [0.2, 0.25) is 0 Å². The van der Waals surface area contributed by atoms with Crippen LogP contribution in [-0.4, -0.2) is 46.6 Å². The lowest BCUT2D eigenvalue weighted by molar-refractivity contribution is -0.286. The quantitative estimate of drug-likeness (QED) is 0.612. The molecule has 3 heterocycles. The van der Waals surface area contributed by atoms with Crippen LogP contribution in [0, 0.1) is 5.92 Å². The average Bonchev–Trinajstić information content (AvgIpc) is 3.05. The Hall–Kier alpha value is -3.18. The third kappa shape index (κ3) is 5.42. The number of hydrogen-bond acceptors (Lipinski definition) is 6. The molecule has 1 N–H and O–H groups in total. The van der Waals surface area contributed by atoms with Gasteiger partial charge in [0.05, 0.1) is 11.6 Å². The summed E-state index contributed by atoms with van der Waals surface area (Å²) in [6.07, 6.45) is -7.02. The molecule has 7 nitrogen and oxygen atoms in total. The molecule has 1 aromatic carbocycles. The molecule has 4 rings (SSSR count). The van der Waals surface area contributed by atoms with Crippen LogP contribution in [0.15, 0.2) is 24.4 Å². The van der Waals surface area contributed by atoms with Crippen LogP contribution in [-0.2, 0) is 11.2 Å². The lowest BCUT2D eigenvalue weighted by atomic mass is 9.97. The molecule has 0 atom stereocenters. The molecule has 0 bridgehead atoms. The highest BCUT2D eigenvalue weighted by Crippen LogP contribution is 2.43. The van der Waals surface area contributed by atoms with E-state index in [9.17, 15) is 31.9 Å². The second-order valence-electron chi connectivity index (χ2n) is 7.93. The highest BCUT2D eigenvalue weighted by Gasteiger charge is 2.43. The van der Waals surface area contributed by atoms with Crippen LogP contribution in [0.1, 0.15) is 31.4 Å². The number of alkyl halides is 5. The summed E-state index contributed by atoms with van der Waals surface area (Å²) in [7, 11) is 0. The van der Waals surface area contributed by atoms with Gasteiger partial charge in [0.15, 0.2) is 17.3 Å². The van der Waals surface area contributed by atoms with Crippen molar-refractivity contribution in [2.45, 2.75) is 44.6 Å². The summed E-state index contributed by atoms with van der Waals surface area (Å²) in [5.74, 6) is -1.35. The van der Waals surface area contributed by atoms with Gasteiger partial charge in [0.25, 0.3) is 0 Å². The Morgan fingerprint density at radius 1 is 1.18 bits per heavy atom. The number of rotatable bonds is 6. The molecular weight excluding hydrogens is 453 g/mol. The number of nitrogens with zero attached hydrogens (tertiary/aromatic N) is 3. The molecule has 0 unspecified atom stereocenters. The van der Waals surface area contributed by atoms with E-state index in [-0.39, 0.29) is 24.3 Å². The Balaban J connectivity index is 1.63. The minimum absolute atomic E-state index is 0.0543. The Labute approximate surface area is 185 Å². The van der Waals surface area contributed by atoms with Crippen molar-refractivity contribution in [2.24, 2.45) is 5.92 Å². The molecule has 33 heavy (non-hydrogen) atoms. The zero-order valence-electron chi connectivity index (χ0n) is 17.2. The monoisotopic (exact) mass is 473 g/mol. The first kappa shape index (κ1) is 23.0. The first-order valence-corrected chi connectivity index (χ1v) is 10.3. The van der Waals surface area contributed by atoms with Gasteiger partial charge in [0.2, 0.25) is 0 Å². The van der Waals surface area contributed by atoms with Gasteiger partial charge in [-0.3, -0.25) is 9.78 Å². The Kier molecular flexibility index (Phi) is 6.02. The number of anilines is 1. The number of aryl methyl sites for hydroxylation is 1. The summed E-state index contributed by atoms with van der Waals surface area (Å²) in [6, 6.07) is 4.15. The van der Waals surface area contributed by atoms with Gasteiger partial charge < -0.3 is 19.5 Å². The maximum Gasteiger partial charge on any atom is 0.586 e. The number of ether oxygens (including phenoxy) is 2. The van der Waals surface area contributed by atoms with E-state index in [0.29, 0.717) is 48.7 Å². The summed E-state index contributed by atoms with van der Waals surface area (Å²) < 4.78 is 73.2. The number of hydrogen-bond donors (Lipinski definition) is 1. The van der Waals surface area contributed by atoms with Crippen LogP contribution >= 0.6 is 0 Å². The molecule has 12 heteroatoms. The average molecular weight is 473 g/mol. The summed E-state index contributed by atoms with van der Waals surface area (Å²) >= 11 is 0. The van der Waals surface area contributed by atoms with Crippen molar-refractivity contribution in [2.75, 3.05) is 18.0 Å². The number of fused-ring (bicyclic) bond motifs is 1. The molecule has 0 saturated carbocycles. The largest absolute Gasteiger partial charge is 0.586 e. The number of halogens is 5. The molecule has 2 aliphatic heterocycles. The maximum atomic E-state index is 13.4. The van der Waals surface area contributed by atoms with Crippen LogP contribution in [0.4, 0.5) is 27.8 Å². The predicted octanol–water partition coefficient (Wildman–Crippen LogP) is 4.65. The maximum absolute atomic E-state index is 13.4. The van der Waals surface area contributed by atoms with E-state index in [0.717, 1.165) is 0 Å². The molecule has 1 aromatic heterocycles. The molecule has 178 valence electrons. The number of aliphatic carboxylic acids is 1. The van der Waals surface area contributed by atoms with Crippen molar-refractivity contribution in [3.63, 3.8) is 0 Å². The third-order valence-electron chi connectivity index (χ3n) is 5.52. The third-order valence-corrected chi connectivity index (χ3v) is 5.52. The van der Waals surface area contributed by atoms with Crippen LogP contribution in [0.25, 0.3) is 11.3 Å². The van der Waals surface area contributed by atoms with Crippen molar-refractivity contribution >= 4 is 11.8 Å². The number of carboxylic acid groups (broad SMARTS) is 1. The first-order valence-electron chi connectivity index (χ1n) is 10.3. The summed E-state index contributed by atoms with van der Waals surface area (Å²) in [4.78, 5) is 22.0. The summed E-state index contributed by atoms with van der Waals surface area (Å²) in [5.41, 5.74) is 1.08. The van der Waals surface area contributed by atoms with E-state index in [1.165, 1.54) is 24.4 Å². The van der Waals surface area contributed by atoms with Crippen LogP contribution in [0.5, 0.6) is 11.5 Å². The van der Waals surface area contributed by atoms with Gasteiger partial charge in [-0.2, -0.15) is 13.2 Å². The standard InChI is InChI=1S/C21H20F5N3O4/c22-20(23,24)7-1-2-14-11-27-17(13-3-4-15-16(10-13)33-21(25,26)32-15)18(28-14)29-8-5-12(6-9-29)19(30)31/h3-4,10-12H,1-2,5-9H2,(H,30,31). The smallest absolute Gasteiger partial charge is 0.481 e. The molecule has 1 saturated heterocycles. The molecule has 0 spiro atoms. The second kappa shape index (κ2) is 8.64. The van der Waals surface area contributed by atoms with Gasteiger partial charge in [-0.05, 0) is 43.9 Å². The van der Waals surface area contributed by atoms with Gasteiger partial charge in [0.1, 0.15) is 5.69 Å². The Bertz CT molecular complexity index is 1040. The number of benzene rings is 1. The molecule has 2 aliphatic rings. The van der Waals surface area contributed by atoms with E-state index in [2.05, 4.69) is 19.4 Å². The zero-order chi connectivity index (χ0) is 23.8. The van der Waals surface area contributed by atoms with Crippen molar-refractivity contribution in [3.05, 3.63) is 30.1 Å². The van der Waals surface area contributed by atoms with E-state index in [1.807, 2.05) is 4.90 Å². The normalized spacial score (nSPS) is 17.9. The fourth-order valence-corrected chi connectivity index (χ4v) is 3.86. The Morgan fingerprint density at radius 3 is 2.55 bits per heavy atom. The zero-order valence-corrected chi connectivity index (χ0v) is 17.2. The summed E-state index contributed by atoms with van der Waals surface area (Å²) in [5, 5.41) is 9.24. The van der Waals surface area contributed by atoms with Gasteiger partial charge in [-0.25, -0.2) is 4.98 Å². The Morgan fingerprint density at radius 2 is 1.88 bits per heavy atom. The number of carbonyl (C=O) groups is 1. The fraction of sp³-hybridized carbons (Fsp3) is 0.476. The molecule has 0 radical (unpaired) electrons. The highest BCUT2D eigenvalue weighted by molar-refractivity contribution is 5.75. The molecule has 0 amide bonds. The minimum Gasteiger partial charge on any atom is -0.481 e. The predicted molar refractivity (Wildman–Crippen MR) is 105 cm³/mol. The lowest BCUT2D eigenvalue weighted by Gasteiger charge is -2.32. The van der Waals surface area contributed by atoms with Crippen molar-refractivity contribution in [1.82, 2.24) is 9.97 Å². The minimum atomic E-state index is -4.27. The van der Waals surface area contributed by atoms with Gasteiger partial charge >= 0.3 is 18.4 Å². The van der Waals surface area contributed by atoms with Gasteiger partial charge in [-0.1, -0.05) is 0 Å². The topological polar surface area (TPSA) is 84.8 Å². The number of aromatic nitrogens is 2. The van der Waals surface area contributed by atoms with Crippen molar-refractivity contribution in [3.8, 4) is 22.8 Å². The molecule has 0 aliphatic carbocycles. The van der Waals surface area contributed by atoms with Gasteiger partial charge in [-0.15, -0.1) is 8.78 Å². The molecular formula is C21H20F5N3O4. The fourth-order valence-electron chi connectivity index (χ4n) is 3.86. The van der Waals surface area contributed by atoms with Crippen molar-refractivity contribution < 1.29 is 41.3 Å². The van der Waals surface area contributed by atoms with E-state index in [1.54, 1.807) is 0 Å². The van der Waals surface area contributed by atoms with Crippen LogP contribution in [0.3, 0.4) is 0 Å². The van der Waals surface area contributed by atoms with E-state index in [4.69, 9.17) is 0 Å². The van der Waals surface area contributed by atoms with Gasteiger partial charge in [0, 0.05) is 31.3 Å². The lowest BCUT2D eigenvalue weighted by Crippen LogP contribution is -2.37. The SMILES string of the molecule is O=C(O)C1CCN(c2nc(CCCC(F)(F)F)cnc2-c2ccc3c(c2)OC(F)(F)O3)CC1. The summed E-state index contributed by atoms with van der Waals surface area (Å²) in [6.45, 7) is 0.709. The van der Waals surface area contributed by atoms with Crippen LogP contribution < -0.4 is 14.4 Å². The van der Waals surface area contributed by atoms with E-state index >= 15 is 0 Å². The second-order valence-corrected chi connectivity index (χ2v) is 7.93. The molecule has 1 fully saturated rings.